The number of anilines is 3. The summed E-state index contributed by atoms with van der Waals surface area (Å²) < 4.78 is 5.68. The summed E-state index contributed by atoms with van der Waals surface area (Å²) in [6.45, 7) is 6.38. The number of nitrogens with zero attached hydrogens (tertiary/aromatic N) is 1. The van der Waals surface area contributed by atoms with E-state index in [0.29, 0.717) is 40.5 Å². The molecule has 0 aliphatic heterocycles. The maximum atomic E-state index is 12.6. The molecule has 4 rings (SSSR count). The van der Waals surface area contributed by atoms with Gasteiger partial charge in [0.15, 0.2) is 0 Å². The molecule has 1 aliphatic carbocycles. The van der Waals surface area contributed by atoms with Gasteiger partial charge in [0.05, 0.1) is 28.0 Å². The van der Waals surface area contributed by atoms with Crippen LogP contribution < -0.4 is 16.4 Å². The lowest BCUT2D eigenvalue weighted by molar-refractivity contribution is -0.141. The molecule has 244 valence electrons. The number of amides is 1. The van der Waals surface area contributed by atoms with Crippen LogP contribution in [-0.4, -0.2) is 42.5 Å². The molecule has 45 heavy (non-hydrogen) atoms. The van der Waals surface area contributed by atoms with Gasteiger partial charge in [0, 0.05) is 41.8 Å². The number of nitrogens with one attached hydrogen (secondary N) is 2. The van der Waals surface area contributed by atoms with Gasteiger partial charge >= 0.3 is 5.97 Å². The molecule has 1 fully saturated rings. The molecule has 3 aromatic carbocycles. The van der Waals surface area contributed by atoms with Crippen molar-refractivity contribution in [3.05, 3.63) is 86.3 Å². The van der Waals surface area contributed by atoms with Crippen molar-refractivity contribution in [2.24, 2.45) is 0 Å². The Hall–Kier alpha value is -2.78. The van der Waals surface area contributed by atoms with Crippen molar-refractivity contribution in [1.82, 2.24) is 10.2 Å². The summed E-state index contributed by atoms with van der Waals surface area (Å²) in [6.07, 6.45) is 8.97. The third kappa shape index (κ3) is 12.5. The zero-order valence-corrected chi connectivity index (χ0v) is 29.3. The minimum atomic E-state index is -0.252. The molecule has 1 amide bonds. The Morgan fingerprint density at radius 2 is 1.67 bits per heavy atom. The zero-order chi connectivity index (χ0) is 32.6. The standard InChI is InChI=1S/C23H36BrN3O3.C12H9Cl2N/c1-3-27(20-10-6-4-7-11-20)16-19-14-18(15-21(24)22(19)25)23(29)26-12-8-5-9-13-30-17(2)28;13-10-7-4-8-11(14)12(10)15-9-5-2-1-3-6-9/h14-15,20H,3-13,16,25H2,1-2H3,(H,26,29);1-8,15H. The minimum absolute atomic E-state index is 0.0855. The van der Waals surface area contributed by atoms with Crippen molar-refractivity contribution in [1.29, 1.82) is 0 Å². The molecule has 0 heterocycles. The van der Waals surface area contributed by atoms with Gasteiger partial charge in [-0.2, -0.15) is 0 Å². The van der Waals surface area contributed by atoms with E-state index < -0.39 is 0 Å². The van der Waals surface area contributed by atoms with Crippen LogP contribution in [-0.2, 0) is 16.1 Å². The van der Waals surface area contributed by atoms with E-state index >= 15 is 0 Å². The second-order valence-corrected chi connectivity index (χ2v) is 12.8. The second-order valence-electron chi connectivity index (χ2n) is 11.1. The smallest absolute Gasteiger partial charge is 0.302 e. The second kappa shape index (κ2) is 19.7. The van der Waals surface area contributed by atoms with Crippen LogP contribution in [0.4, 0.5) is 17.1 Å². The highest BCUT2D eigenvalue weighted by atomic mass is 79.9. The van der Waals surface area contributed by atoms with Crippen LogP contribution in [0.1, 0.15) is 81.1 Å². The third-order valence-electron chi connectivity index (χ3n) is 7.77. The number of hydrogen-bond donors (Lipinski definition) is 3. The summed E-state index contributed by atoms with van der Waals surface area (Å²) >= 11 is 15.6. The average molecular weight is 721 g/mol. The summed E-state index contributed by atoms with van der Waals surface area (Å²) in [5.74, 6) is -0.337. The molecule has 0 unspecified atom stereocenters. The van der Waals surface area contributed by atoms with E-state index in [1.165, 1.54) is 39.0 Å². The molecule has 0 atom stereocenters. The third-order valence-corrected chi connectivity index (χ3v) is 9.05. The SMILES string of the molecule is CCN(Cc1cc(C(=O)NCCCCCOC(C)=O)cc(Br)c1N)C1CCCCC1.Clc1cccc(Cl)c1Nc1ccccc1. The number of carbonyl (C=O) groups is 2. The van der Waals surface area contributed by atoms with Crippen LogP contribution in [0.3, 0.4) is 0 Å². The van der Waals surface area contributed by atoms with Crippen LogP contribution in [0.15, 0.2) is 65.1 Å². The Morgan fingerprint density at radius 3 is 2.31 bits per heavy atom. The van der Waals surface area contributed by atoms with Crippen LogP contribution in [0.2, 0.25) is 10.0 Å². The van der Waals surface area contributed by atoms with Gasteiger partial charge in [-0.3, -0.25) is 14.5 Å². The summed E-state index contributed by atoms with van der Waals surface area (Å²) in [5.41, 5.74) is 10.4. The number of rotatable bonds is 13. The molecular weight excluding hydrogens is 675 g/mol. The predicted molar refractivity (Wildman–Crippen MR) is 191 cm³/mol. The number of ether oxygens (including phenoxy) is 1. The lowest BCUT2D eigenvalue weighted by Crippen LogP contribution is -2.36. The number of hydrogen-bond acceptors (Lipinski definition) is 6. The van der Waals surface area contributed by atoms with E-state index in [0.717, 1.165) is 53.8 Å². The van der Waals surface area contributed by atoms with Crippen molar-refractivity contribution in [2.45, 2.75) is 77.8 Å². The molecule has 1 saturated carbocycles. The number of carbonyl (C=O) groups excluding carboxylic acids is 2. The molecule has 0 aromatic heterocycles. The van der Waals surface area contributed by atoms with Crippen molar-refractivity contribution in [3.8, 4) is 0 Å². The normalized spacial score (nSPS) is 13.1. The van der Waals surface area contributed by atoms with Gasteiger partial charge in [-0.05, 0) is 96.5 Å². The van der Waals surface area contributed by atoms with Crippen LogP contribution in [0.25, 0.3) is 0 Å². The van der Waals surface area contributed by atoms with E-state index in [1.807, 2.05) is 42.5 Å². The predicted octanol–water partition coefficient (Wildman–Crippen LogP) is 9.39. The Labute approximate surface area is 286 Å². The van der Waals surface area contributed by atoms with E-state index in [1.54, 1.807) is 18.2 Å². The quantitative estimate of drug-likeness (QED) is 0.0926. The Balaban J connectivity index is 0.000000305. The number of esters is 1. The first-order chi connectivity index (χ1) is 21.7. The van der Waals surface area contributed by atoms with Gasteiger partial charge < -0.3 is 21.1 Å². The molecule has 0 saturated heterocycles. The number of para-hydroxylation sites is 2. The van der Waals surface area contributed by atoms with E-state index in [4.69, 9.17) is 33.7 Å². The highest BCUT2D eigenvalue weighted by molar-refractivity contribution is 9.10. The van der Waals surface area contributed by atoms with Crippen molar-refractivity contribution in [2.75, 3.05) is 30.7 Å². The lowest BCUT2D eigenvalue weighted by atomic mass is 9.93. The molecular formula is C35H45BrCl2N4O3. The number of nitrogens with two attached hydrogens (primary N) is 1. The first-order valence-electron chi connectivity index (χ1n) is 15.7. The van der Waals surface area contributed by atoms with Crippen LogP contribution >= 0.6 is 39.1 Å². The van der Waals surface area contributed by atoms with Gasteiger partial charge in [0.1, 0.15) is 0 Å². The first kappa shape index (κ1) is 36.7. The minimum Gasteiger partial charge on any atom is -0.466 e. The fourth-order valence-electron chi connectivity index (χ4n) is 5.31. The van der Waals surface area contributed by atoms with Crippen molar-refractivity contribution < 1.29 is 14.3 Å². The number of benzene rings is 3. The highest BCUT2D eigenvalue weighted by Crippen LogP contribution is 2.32. The molecule has 4 N–H and O–H groups in total. The maximum Gasteiger partial charge on any atom is 0.302 e. The average Bonchev–Trinajstić information content (AvgIpc) is 3.04. The molecule has 3 aromatic rings. The van der Waals surface area contributed by atoms with Crippen LogP contribution in [0.5, 0.6) is 0 Å². The molecule has 1 aliphatic rings. The van der Waals surface area contributed by atoms with Crippen LogP contribution in [0, 0.1) is 0 Å². The van der Waals surface area contributed by atoms with Crippen molar-refractivity contribution in [3.63, 3.8) is 0 Å². The Bertz CT molecular complexity index is 1350. The Kier molecular flexibility index (Phi) is 16.0. The fourth-order valence-corrected chi connectivity index (χ4v) is 6.30. The number of halogens is 3. The van der Waals surface area contributed by atoms with Gasteiger partial charge in [0.2, 0.25) is 0 Å². The highest BCUT2D eigenvalue weighted by Gasteiger charge is 2.22. The zero-order valence-electron chi connectivity index (χ0n) is 26.2. The first-order valence-corrected chi connectivity index (χ1v) is 17.2. The molecule has 0 radical (unpaired) electrons. The molecule has 7 nitrogen and oxygen atoms in total. The van der Waals surface area contributed by atoms with Gasteiger partial charge in [-0.15, -0.1) is 0 Å². The number of unbranched alkanes of at least 4 members (excludes halogenated alkanes) is 2. The summed E-state index contributed by atoms with van der Waals surface area (Å²) in [7, 11) is 0. The molecule has 0 spiro atoms. The molecule has 0 bridgehead atoms. The van der Waals surface area contributed by atoms with E-state index in [9.17, 15) is 9.59 Å². The Morgan fingerprint density at radius 1 is 0.978 bits per heavy atom. The summed E-state index contributed by atoms with van der Waals surface area (Å²) in [5, 5.41) is 7.39. The van der Waals surface area contributed by atoms with Gasteiger partial charge in [-0.25, -0.2) is 0 Å². The van der Waals surface area contributed by atoms with Gasteiger partial charge in [-0.1, -0.05) is 73.7 Å². The topological polar surface area (TPSA) is 96.7 Å². The number of nitrogen functional groups attached to an aromatic ring is 1. The molecule has 10 heteroatoms. The fraction of sp³-hybridized carbons (Fsp3) is 0.429. The van der Waals surface area contributed by atoms with Crippen molar-refractivity contribution >= 4 is 68.1 Å². The summed E-state index contributed by atoms with van der Waals surface area (Å²) in [4.78, 5) is 25.9. The van der Waals surface area contributed by atoms with E-state index in [-0.39, 0.29) is 11.9 Å². The van der Waals surface area contributed by atoms with Gasteiger partial charge in [0.25, 0.3) is 5.91 Å². The summed E-state index contributed by atoms with van der Waals surface area (Å²) in [6, 6.07) is 19.5. The van der Waals surface area contributed by atoms with E-state index in [2.05, 4.69) is 38.4 Å². The largest absolute Gasteiger partial charge is 0.466 e. The maximum absolute atomic E-state index is 12.6. The monoisotopic (exact) mass is 718 g/mol. The lowest BCUT2D eigenvalue weighted by Gasteiger charge is -2.34.